The van der Waals surface area contributed by atoms with E-state index in [1.807, 2.05) is 0 Å². The van der Waals surface area contributed by atoms with Crippen LogP contribution in [0.25, 0.3) is 0 Å². The maximum atomic E-state index is 12.0. The Hall–Kier alpha value is -0.835. The molecule has 1 aliphatic rings. The largest absolute Gasteiger partial charge is 0.548 e. The highest BCUT2D eigenvalue weighted by Crippen LogP contribution is 2.27. The van der Waals surface area contributed by atoms with Crippen LogP contribution in [0, 0.1) is 5.92 Å². The third-order valence-corrected chi connectivity index (χ3v) is 4.24. The summed E-state index contributed by atoms with van der Waals surface area (Å²) in [5.74, 6) is 0.714. The van der Waals surface area contributed by atoms with Crippen LogP contribution in [0.1, 0.15) is 53.4 Å². The maximum Gasteiger partial charge on any atom is 0.417 e. The third kappa shape index (κ3) is 5.42. The van der Waals surface area contributed by atoms with E-state index >= 15 is 0 Å². The molecule has 1 fully saturated rings. The zero-order valence-corrected chi connectivity index (χ0v) is 15.1. The zero-order chi connectivity index (χ0) is 16.5. The van der Waals surface area contributed by atoms with Crippen molar-refractivity contribution < 1.29 is 14.2 Å². The molecule has 0 unspecified atom stereocenters. The van der Waals surface area contributed by atoms with Crippen molar-refractivity contribution >= 4 is 24.6 Å². The van der Waals surface area contributed by atoms with E-state index in [0.29, 0.717) is 12.5 Å². The summed E-state index contributed by atoms with van der Waals surface area (Å²) in [4.78, 5) is 13.6. The summed E-state index contributed by atoms with van der Waals surface area (Å²) < 4.78 is 11.3. The van der Waals surface area contributed by atoms with Crippen LogP contribution in [0.2, 0.25) is 12.6 Å². The lowest BCUT2D eigenvalue weighted by atomic mass is 9.59. The van der Waals surface area contributed by atoms with Crippen LogP contribution in [0.3, 0.4) is 0 Å². The molecule has 0 aromatic carbocycles. The molecule has 0 N–H and O–H groups in total. The Kier molecular flexibility index (Phi) is 8.76. The average Bonchev–Trinajstić information content (AvgIpc) is 2.88. The molecule has 0 aromatic rings. The van der Waals surface area contributed by atoms with Crippen LogP contribution in [-0.4, -0.2) is 30.6 Å². The minimum absolute atomic E-state index is 0.0181. The van der Waals surface area contributed by atoms with Crippen molar-refractivity contribution in [3.8, 4) is 0 Å². The Morgan fingerprint density at radius 2 is 2.00 bits per heavy atom. The van der Waals surface area contributed by atoms with Gasteiger partial charge in [0.25, 0.3) is 0 Å². The normalized spacial score (nSPS) is 18.8. The maximum absolute atomic E-state index is 12.0. The molecule has 0 radical (unpaired) electrons. The van der Waals surface area contributed by atoms with Crippen LogP contribution >= 0.6 is 11.6 Å². The molecule has 1 atom stereocenters. The lowest BCUT2D eigenvalue weighted by Crippen LogP contribution is -2.38. The van der Waals surface area contributed by atoms with E-state index in [0.717, 1.165) is 38.3 Å². The Morgan fingerprint density at radius 1 is 1.41 bits per heavy atom. The first-order valence-electron chi connectivity index (χ1n) is 8.48. The number of carbonyl (C=O) groups excluding carboxylic acids is 1. The monoisotopic (exact) mass is 329 g/mol. The van der Waals surface area contributed by atoms with Gasteiger partial charge in [-0.3, -0.25) is 0 Å². The van der Waals surface area contributed by atoms with E-state index in [-0.39, 0.29) is 25.0 Å². The highest BCUT2D eigenvalue weighted by Gasteiger charge is 2.39. The molecule has 1 aliphatic heterocycles. The predicted molar refractivity (Wildman–Crippen MR) is 92.0 cm³/mol. The average molecular weight is 330 g/mol. The number of ether oxygens (including phenoxy) is 1. The van der Waals surface area contributed by atoms with Gasteiger partial charge in [-0.05, 0) is 18.6 Å². The van der Waals surface area contributed by atoms with Gasteiger partial charge in [-0.1, -0.05) is 65.0 Å². The van der Waals surface area contributed by atoms with Gasteiger partial charge >= 0.3 is 13.0 Å². The predicted octanol–water partition coefficient (Wildman–Crippen LogP) is 5.11. The molecule has 0 aliphatic carbocycles. The molecule has 1 rings (SSSR count). The van der Waals surface area contributed by atoms with Crippen molar-refractivity contribution in [1.29, 1.82) is 0 Å². The first kappa shape index (κ1) is 19.2. The number of cyclic esters (lactones) is 1. The van der Waals surface area contributed by atoms with Crippen molar-refractivity contribution in [2.24, 2.45) is 5.92 Å². The van der Waals surface area contributed by atoms with Crippen molar-refractivity contribution in [3.05, 3.63) is 11.4 Å². The number of rotatable bonds is 10. The summed E-state index contributed by atoms with van der Waals surface area (Å²) in [7, 11) is 0. The Morgan fingerprint density at radius 3 is 2.45 bits per heavy atom. The Balaban J connectivity index is 2.77. The topological polar surface area (TPSA) is 38.8 Å². The number of halogens is 1. The van der Waals surface area contributed by atoms with Gasteiger partial charge < -0.3 is 9.39 Å². The Bertz CT molecular complexity index is 368. The highest BCUT2D eigenvalue weighted by molar-refractivity contribution is 6.52. The Labute approximate surface area is 140 Å². The summed E-state index contributed by atoms with van der Waals surface area (Å²) in [6, 6.07) is -0.0181. The molecule has 1 amide bonds. The molecule has 6 heteroatoms. The van der Waals surface area contributed by atoms with Gasteiger partial charge in [-0.15, -0.1) is 0 Å². The van der Waals surface area contributed by atoms with Crippen LogP contribution in [0.5, 0.6) is 0 Å². The molecular weight excluding hydrogens is 300 g/mol. The van der Waals surface area contributed by atoms with Crippen molar-refractivity contribution in [1.82, 2.24) is 4.90 Å². The number of hydrogen-bond donors (Lipinski definition) is 0. The number of unbranched alkanes of at least 4 members (excludes halogenated alkanes) is 2. The SMILES string of the molecule is CCCCB(CCCC)O/C(=C\Cl)N1C(=O)OC[C@@H]1C(C)C. The van der Waals surface area contributed by atoms with Gasteiger partial charge in [0.2, 0.25) is 0 Å². The summed E-state index contributed by atoms with van der Waals surface area (Å²) in [5, 5.41) is 0. The van der Waals surface area contributed by atoms with Crippen LogP contribution < -0.4 is 0 Å². The second-order valence-electron chi connectivity index (χ2n) is 6.23. The number of amides is 1. The summed E-state index contributed by atoms with van der Waals surface area (Å²) in [6.07, 6.45) is 6.10. The number of carbonyl (C=O) groups is 1. The third-order valence-electron chi connectivity index (χ3n) is 4.05. The van der Waals surface area contributed by atoms with Gasteiger partial charge in [0.05, 0.1) is 11.6 Å². The van der Waals surface area contributed by atoms with Gasteiger partial charge in [-0.2, -0.15) is 0 Å². The molecule has 1 saturated heterocycles. The van der Waals surface area contributed by atoms with Gasteiger partial charge in [-0.25, -0.2) is 9.69 Å². The first-order valence-corrected chi connectivity index (χ1v) is 8.91. The molecule has 126 valence electrons. The number of hydrogen-bond acceptors (Lipinski definition) is 3. The standard InChI is InChI=1S/C16H29BClNO3/c1-5-7-9-17(10-8-6-2)22-15(11-18)19-14(13(3)4)12-21-16(19)20/h11,13-14H,5-10,12H2,1-4H3/b15-11-/t14-/m1/s1. The van der Waals surface area contributed by atoms with E-state index in [1.54, 1.807) is 4.90 Å². The molecular formula is C16H29BClNO3. The van der Waals surface area contributed by atoms with Crippen molar-refractivity contribution in [2.75, 3.05) is 6.61 Å². The summed E-state index contributed by atoms with van der Waals surface area (Å²) >= 11 is 5.96. The minimum Gasteiger partial charge on any atom is -0.548 e. The van der Waals surface area contributed by atoms with Crippen molar-refractivity contribution in [2.45, 2.75) is 72.1 Å². The van der Waals surface area contributed by atoms with E-state index < -0.39 is 0 Å². The molecule has 0 spiro atoms. The van der Waals surface area contributed by atoms with E-state index in [4.69, 9.17) is 21.0 Å². The van der Waals surface area contributed by atoms with Gasteiger partial charge in [0.1, 0.15) is 6.61 Å². The smallest absolute Gasteiger partial charge is 0.417 e. The quantitative estimate of drug-likeness (QED) is 0.413. The second kappa shape index (κ2) is 10.0. The molecule has 4 nitrogen and oxygen atoms in total. The lowest BCUT2D eigenvalue weighted by molar-refractivity contribution is 0.150. The van der Waals surface area contributed by atoms with E-state index in [9.17, 15) is 4.79 Å². The lowest BCUT2D eigenvalue weighted by Gasteiger charge is -2.28. The molecule has 0 bridgehead atoms. The fourth-order valence-corrected chi connectivity index (χ4v) is 2.77. The van der Waals surface area contributed by atoms with E-state index in [2.05, 4.69) is 27.7 Å². The number of nitrogens with zero attached hydrogens (tertiary/aromatic N) is 1. The molecule has 0 saturated carbocycles. The summed E-state index contributed by atoms with van der Waals surface area (Å²) in [6.45, 7) is 8.96. The fraction of sp³-hybridized carbons (Fsp3) is 0.812. The highest BCUT2D eigenvalue weighted by atomic mass is 35.5. The first-order chi connectivity index (χ1) is 10.5. The summed E-state index contributed by atoms with van der Waals surface area (Å²) in [5.41, 5.74) is 1.37. The molecule has 22 heavy (non-hydrogen) atoms. The zero-order valence-electron chi connectivity index (χ0n) is 14.3. The van der Waals surface area contributed by atoms with Crippen LogP contribution in [-0.2, 0) is 9.39 Å². The minimum atomic E-state index is -0.365. The van der Waals surface area contributed by atoms with Crippen LogP contribution in [0.15, 0.2) is 11.4 Å². The van der Waals surface area contributed by atoms with Gasteiger partial charge in [0, 0.05) is 0 Å². The fourth-order valence-electron chi connectivity index (χ4n) is 2.61. The van der Waals surface area contributed by atoms with Crippen molar-refractivity contribution in [3.63, 3.8) is 0 Å². The van der Waals surface area contributed by atoms with Crippen LogP contribution in [0.4, 0.5) is 4.79 Å². The van der Waals surface area contributed by atoms with E-state index in [1.165, 1.54) is 5.54 Å². The molecule has 1 heterocycles. The second-order valence-corrected chi connectivity index (χ2v) is 6.45. The molecule has 0 aromatic heterocycles. The van der Waals surface area contributed by atoms with Gasteiger partial charge in [0.15, 0.2) is 5.88 Å².